The Balaban J connectivity index is 2.58. The van der Waals surface area contributed by atoms with Gasteiger partial charge >= 0.3 is 6.18 Å². The Morgan fingerprint density at radius 2 is 2.00 bits per heavy atom. The number of carbonyl (C=O) groups excluding carboxylic acids is 1. The normalized spacial score (nSPS) is 17.9. The number of alkyl halides is 3. The van der Waals surface area contributed by atoms with Crippen LogP contribution >= 0.6 is 12.2 Å². The van der Waals surface area contributed by atoms with Gasteiger partial charge in [-0.25, -0.2) is 4.98 Å². The molecule has 0 radical (unpaired) electrons. The Bertz CT molecular complexity index is 708. The van der Waals surface area contributed by atoms with Gasteiger partial charge in [0.1, 0.15) is 11.6 Å². The molecule has 22 heavy (non-hydrogen) atoms. The van der Waals surface area contributed by atoms with Gasteiger partial charge in [0.15, 0.2) is 10.8 Å². The zero-order chi connectivity index (χ0) is 16.9. The minimum absolute atomic E-state index is 0.0784. The second-order valence-corrected chi connectivity index (χ2v) is 5.61. The van der Waals surface area contributed by atoms with Crippen LogP contribution in [0, 0.1) is 11.3 Å². The van der Waals surface area contributed by atoms with Gasteiger partial charge in [-0.2, -0.15) is 18.4 Å². The van der Waals surface area contributed by atoms with Crippen LogP contribution in [0.3, 0.4) is 0 Å². The molecule has 0 saturated carbocycles. The lowest BCUT2D eigenvalue weighted by Gasteiger charge is -2.24. The van der Waals surface area contributed by atoms with Crippen molar-refractivity contribution in [3.8, 4) is 6.07 Å². The van der Waals surface area contributed by atoms with E-state index in [9.17, 15) is 18.0 Å². The van der Waals surface area contributed by atoms with E-state index in [2.05, 4.69) is 4.98 Å². The van der Waals surface area contributed by atoms with E-state index in [4.69, 9.17) is 17.5 Å². The maximum atomic E-state index is 13.0. The van der Waals surface area contributed by atoms with Crippen molar-refractivity contribution in [2.45, 2.75) is 25.6 Å². The minimum atomic E-state index is -4.75. The summed E-state index contributed by atoms with van der Waals surface area (Å²) in [6.07, 6.45) is -3.72. The number of hydrogen-bond donors (Lipinski definition) is 0. The lowest BCUT2D eigenvalue weighted by atomic mass is 10.0. The van der Waals surface area contributed by atoms with Gasteiger partial charge in [0, 0.05) is 7.05 Å². The second-order valence-electron chi connectivity index (χ2n) is 5.24. The first-order chi connectivity index (χ1) is 10.0. The van der Waals surface area contributed by atoms with Gasteiger partial charge in [0.05, 0.1) is 17.4 Å². The molecular weight excluding hydrogens is 317 g/mol. The number of amides is 1. The lowest BCUT2D eigenvalue weighted by Crippen LogP contribution is -2.41. The number of nitrogens with zero attached hydrogens (tertiary/aromatic N) is 4. The molecule has 5 nitrogen and oxygen atoms in total. The summed E-state index contributed by atoms with van der Waals surface area (Å²) < 4.78 is 39.0. The lowest BCUT2D eigenvalue weighted by molar-refractivity contribution is -0.138. The van der Waals surface area contributed by atoms with Crippen molar-refractivity contribution in [2.24, 2.45) is 0 Å². The van der Waals surface area contributed by atoms with Crippen LogP contribution in [0.1, 0.15) is 25.1 Å². The molecule has 1 aliphatic rings. The highest BCUT2D eigenvalue weighted by atomic mass is 32.1. The standard InChI is InChI=1S/C13H11F3N4OS/c1-12(2)10(21)20(11(22)19(12)3)7-4-8(13(14,15)16)9(5-17)18-6-7/h4,6H,1-3H3. The molecule has 0 aromatic carbocycles. The Kier molecular flexibility index (Phi) is 3.61. The third-order valence-corrected chi connectivity index (χ3v) is 4.04. The molecule has 0 N–H and O–H groups in total. The Labute approximate surface area is 129 Å². The largest absolute Gasteiger partial charge is 0.419 e. The number of thiocarbonyl (C=S) groups is 1. The molecule has 0 unspecified atom stereocenters. The van der Waals surface area contributed by atoms with Gasteiger partial charge in [0.25, 0.3) is 5.91 Å². The van der Waals surface area contributed by atoms with Crippen LogP contribution in [0.4, 0.5) is 18.9 Å². The van der Waals surface area contributed by atoms with Crippen molar-refractivity contribution in [1.82, 2.24) is 9.88 Å². The van der Waals surface area contributed by atoms with Crippen molar-refractivity contribution in [3.63, 3.8) is 0 Å². The molecule has 2 rings (SSSR count). The van der Waals surface area contributed by atoms with Gasteiger partial charge in [-0.1, -0.05) is 0 Å². The summed E-state index contributed by atoms with van der Waals surface area (Å²) in [4.78, 5) is 18.4. The number of nitriles is 1. The van der Waals surface area contributed by atoms with Crippen LogP contribution in [0.15, 0.2) is 12.3 Å². The first kappa shape index (κ1) is 16.2. The molecule has 1 aromatic heterocycles. The average Bonchev–Trinajstić information content (AvgIpc) is 2.58. The van der Waals surface area contributed by atoms with Crippen molar-refractivity contribution in [3.05, 3.63) is 23.5 Å². The fraction of sp³-hybridized carbons (Fsp3) is 0.385. The van der Waals surface area contributed by atoms with E-state index in [1.165, 1.54) is 11.0 Å². The minimum Gasteiger partial charge on any atom is -0.337 e. The topological polar surface area (TPSA) is 60.2 Å². The molecule has 2 heterocycles. The summed E-state index contributed by atoms with van der Waals surface area (Å²) in [6, 6.07) is 2.10. The number of likely N-dealkylation sites (N-methyl/N-ethyl adjacent to an activating group) is 1. The van der Waals surface area contributed by atoms with Crippen LogP contribution in [0.5, 0.6) is 0 Å². The Morgan fingerprint density at radius 1 is 1.41 bits per heavy atom. The maximum Gasteiger partial charge on any atom is 0.419 e. The van der Waals surface area contributed by atoms with E-state index in [1.807, 2.05) is 0 Å². The zero-order valence-electron chi connectivity index (χ0n) is 11.9. The number of halogens is 3. The highest BCUT2D eigenvalue weighted by Gasteiger charge is 2.48. The summed E-state index contributed by atoms with van der Waals surface area (Å²) >= 11 is 5.13. The molecule has 0 aliphatic carbocycles. The van der Waals surface area contributed by atoms with E-state index in [0.29, 0.717) is 6.07 Å². The molecule has 1 aromatic rings. The van der Waals surface area contributed by atoms with Crippen molar-refractivity contribution < 1.29 is 18.0 Å². The van der Waals surface area contributed by atoms with Crippen molar-refractivity contribution >= 4 is 28.9 Å². The zero-order valence-corrected chi connectivity index (χ0v) is 12.7. The molecule has 0 atom stereocenters. The van der Waals surface area contributed by atoms with Crippen LogP contribution < -0.4 is 4.90 Å². The van der Waals surface area contributed by atoms with Gasteiger partial charge in [-0.15, -0.1) is 0 Å². The van der Waals surface area contributed by atoms with E-state index in [1.54, 1.807) is 20.9 Å². The van der Waals surface area contributed by atoms with E-state index in [-0.39, 0.29) is 10.8 Å². The predicted molar refractivity (Wildman–Crippen MR) is 75.9 cm³/mol. The van der Waals surface area contributed by atoms with E-state index in [0.717, 1.165) is 11.1 Å². The molecular formula is C13H11F3N4OS. The number of carbonyl (C=O) groups is 1. The molecule has 1 saturated heterocycles. The molecule has 0 bridgehead atoms. The molecule has 1 aliphatic heterocycles. The molecule has 0 spiro atoms. The molecule has 1 fully saturated rings. The van der Waals surface area contributed by atoms with Crippen LogP contribution in [0.25, 0.3) is 0 Å². The summed E-state index contributed by atoms with van der Waals surface area (Å²) in [5.41, 5.74) is -3.03. The first-order valence-electron chi connectivity index (χ1n) is 6.11. The summed E-state index contributed by atoms with van der Waals surface area (Å²) in [7, 11) is 1.59. The number of anilines is 1. The van der Waals surface area contributed by atoms with Crippen LogP contribution in [0.2, 0.25) is 0 Å². The summed E-state index contributed by atoms with van der Waals surface area (Å²) in [6.45, 7) is 3.23. The second kappa shape index (κ2) is 4.91. The number of pyridine rings is 1. The fourth-order valence-electron chi connectivity index (χ4n) is 2.00. The van der Waals surface area contributed by atoms with Gasteiger partial charge in [-0.3, -0.25) is 9.69 Å². The molecule has 116 valence electrons. The van der Waals surface area contributed by atoms with Crippen LogP contribution in [-0.2, 0) is 11.0 Å². The van der Waals surface area contributed by atoms with Crippen molar-refractivity contribution in [1.29, 1.82) is 5.26 Å². The predicted octanol–water partition coefficient (Wildman–Crippen LogP) is 2.31. The summed E-state index contributed by atoms with van der Waals surface area (Å²) in [5.74, 6) is -0.459. The monoisotopic (exact) mass is 328 g/mol. The third-order valence-electron chi connectivity index (χ3n) is 3.59. The fourth-order valence-corrected chi connectivity index (χ4v) is 2.42. The van der Waals surface area contributed by atoms with E-state index >= 15 is 0 Å². The number of hydrogen-bond acceptors (Lipinski definition) is 4. The van der Waals surface area contributed by atoms with Gasteiger partial charge < -0.3 is 4.90 Å². The number of aromatic nitrogens is 1. The molecule has 9 heteroatoms. The number of rotatable bonds is 1. The van der Waals surface area contributed by atoms with E-state index < -0.39 is 28.9 Å². The molecule has 1 amide bonds. The highest BCUT2D eigenvalue weighted by Crippen LogP contribution is 2.36. The highest BCUT2D eigenvalue weighted by molar-refractivity contribution is 7.80. The first-order valence-corrected chi connectivity index (χ1v) is 6.52. The quantitative estimate of drug-likeness (QED) is 0.741. The SMILES string of the molecule is CN1C(=S)N(c2cnc(C#N)c(C(F)(F)F)c2)C(=O)C1(C)C. The maximum absolute atomic E-state index is 13.0. The smallest absolute Gasteiger partial charge is 0.337 e. The Morgan fingerprint density at radius 3 is 2.41 bits per heavy atom. The third kappa shape index (κ3) is 2.29. The van der Waals surface area contributed by atoms with Gasteiger partial charge in [-0.05, 0) is 32.1 Å². The average molecular weight is 328 g/mol. The van der Waals surface area contributed by atoms with Crippen LogP contribution in [-0.4, -0.2) is 33.5 Å². The summed E-state index contributed by atoms with van der Waals surface area (Å²) in [5, 5.41) is 8.82. The van der Waals surface area contributed by atoms with Crippen molar-refractivity contribution in [2.75, 3.05) is 11.9 Å². The van der Waals surface area contributed by atoms with Gasteiger partial charge in [0.2, 0.25) is 0 Å². The Hall–Kier alpha value is -2.21.